The average Bonchev–Trinajstić information content (AvgIpc) is 2.53. The second-order valence-electron chi connectivity index (χ2n) is 4.76. The minimum Gasteiger partial charge on any atom is -0.478 e. The van der Waals surface area contributed by atoms with Gasteiger partial charge >= 0.3 is 5.97 Å². The van der Waals surface area contributed by atoms with Gasteiger partial charge in [-0.1, -0.05) is 48.5 Å². The number of carboxylic acid groups (broad SMARTS) is 1. The molecule has 0 saturated carbocycles. The normalized spacial score (nSPS) is 10.7. The average molecular weight is 294 g/mol. The van der Waals surface area contributed by atoms with Crippen molar-refractivity contribution in [2.24, 2.45) is 0 Å². The zero-order valence-corrected chi connectivity index (χ0v) is 12.1. The first-order chi connectivity index (χ1) is 10.2. The highest BCUT2D eigenvalue weighted by Gasteiger charge is 2.05. The molecule has 2 nitrogen and oxygen atoms in total. The van der Waals surface area contributed by atoms with Gasteiger partial charge in [-0.15, -0.1) is 11.8 Å². The number of carbonyl (C=O) groups is 1. The van der Waals surface area contributed by atoms with Gasteiger partial charge < -0.3 is 5.11 Å². The monoisotopic (exact) mass is 294 g/mol. The molecule has 1 N–H and O–H groups in total. The van der Waals surface area contributed by atoms with Crippen LogP contribution in [0, 0.1) is 0 Å². The molecule has 0 spiro atoms. The Kier molecular flexibility index (Phi) is 3.93. The largest absolute Gasteiger partial charge is 0.478 e. The molecular formula is C18H14O2S. The smallest absolute Gasteiger partial charge is 0.335 e. The maximum absolute atomic E-state index is 11.0. The highest BCUT2D eigenvalue weighted by atomic mass is 32.2. The van der Waals surface area contributed by atoms with Gasteiger partial charge in [-0.25, -0.2) is 4.79 Å². The van der Waals surface area contributed by atoms with Crippen LogP contribution in [0.4, 0.5) is 0 Å². The van der Waals surface area contributed by atoms with E-state index >= 15 is 0 Å². The first-order valence-corrected chi connectivity index (χ1v) is 7.65. The number of thioether (sulfide) groups is 1. The number of rotatable bonds is 4. The van der Waals surface area contributed by atoms with Gasteiger partial charge in [0.25, 0.3) is 0 Å². The van der Waals surface area contributed by atoms with Crippen LogP contribution < -0.4 is 0 Å². The van der Waals surface area contributed by atoms with Crippen molar-refractivity contribution < 1.29 is 9.90 Å². The molecule has 0 amide bonds. The highest BCUT2D eigenvalue weighted by molar-refractivity contribution is 7.98. The van der Waals surface area contributed by atoms with E-state index in [1.165, 1.54) is 16.3 Å². The predicted molar refractivity (Wildman–Crippen MR) is 86.9 cm³/mol. The van der Waals surface area contributed by atoms with Crippen molar-refractivity contribution in [3.8, 4) is 0 Å². The molecule has 0 atom stereocenters. The van der Waals surface area contributed by atoms with Gasteiger partial charge in [-0.2, -0.15) is 0 Å². The molecule has 0 heterocycles. The molecule has 0 aromatic heterocycles. The lowest BCUT2D eigenvalue weighted by Gasteiger charge is -2.07. The van der Waals surface area contributed by atoms with E-state index in [1.807, 2.05) is 18.2 Å². The molecule has 0 aliphatic heterocycles. The third kappa shape index (κ3) is 3.09. The van der Waals surface area contributed by atoms with Crippen LogP contribution in [-0.4, -0.2) is 11.1 Å². The van der Waals surface area contributed by atoms with E-state index in [9.17, 15) is 4.79 Å². The molecule has 0 aliphatic carbocycles. The Bertz CT molecular complexity index is 791. The fraction of sp³-hybridized carbons (Fsp3) is 0.0556. The summed E-state index contributed by atoms with van der Waals surface area (Å²) in [5.41, 5.74) is 1.59. The second-order valence-corrected chi connectivity index (χ2v) is 5.81. The van der Waals surface area contributed by atoms with E-state index in [4.69, 9.17) is 5.11 Å². The Balaban J connectivity index is 1.84. The molecule has 3 rings (SSSR count). The van der Waals surface area contributed by atoms with E-state index < -0.39 is 5.97 Å². The molecule has 21 heavy (non-hydrogen) atoms. The molecule has 0 aliphatic rings. The molecule has 3 aromatic rings. The summed E-state index contributed by atoms with van der Waals surface area (Å²) in [5.74, 6) is -0.0626. The minimum atomic E-state index is -0.886. The lowest BCUT2D eigenvalue weighted by atomic mass is 10.1. The zero-order chi connectivity index (χ0) is 14.7. The van der Waals surface area contributed by atoms with Crippen molar-refractivity contribution in [3.63, 3.8) is 0 Å². The molecule has 0 radical (unpaired) electrons. The Morgan fingerprint density at radius 1 is 0.952 bits per heavy atom. The van der Waals surface area contributed by atoms with Crippen LogP contribution in [-0.2, 0) is 5.75 Å². The number of aromatic carboxylic acids is 1. The third-order valence-electron chi connectivity index (χ3n) is 3.36. The maximum atomic E-state index is 11.0. The van der Waals surface area contributed by atoms with Gasteiger partial charge in [0.05, 0.1) is 5.56 Å². The predicted octanol–water partition coefficient (Wildman–Crippen LogP) is 4.83. The Hall–Kier alpha value is -2.26. The van der Waals surface area contributed by atoms with Crippen LogP contribution in [0.15, 0.2) is 71.6 Å². The standard InChI is InChI=1S/C18H14O2S/c19-18(20)14-7-4-9-16(11-14)21-12-15-8-3-6-13-5-1-2-10-17(13)15/h1-11H,12H2,(H,19,20). The molecule has 0 bridgehead atoms. The fourth-order valence-electron chi connectivity index (χ4n) is 2.30. The number of benzene rings is 3. The van der Waals surface area contributed by atoms with Crippen molar-refractivity contribution in [1.82, 2.24) is 0 Å². The lowest BCUT2D eigenvalue weighted by Crippen LogP contribution is -1.95. The molecule has 3 aromatic carbocycles. The van der Waals surface area contributed by atoms with Gasteiger partial charge in [0.15, 0.2) is 0 Å². The molecule has 3 heteroatoms. The first-order valence-electron chi connectivity index (χ1n) is 6.67. The van der Waals surface area contributed by atoms with Crippen LogP contribution in [0.25, 0.3) is 10.8 Å². The number of carboxylic acids is 1. The van der Waals surface area contributed by atoms with E-state index in [0.29, 0.717) is 5.56 Å². The van der Waals surface area contributed by atoms with Crippen molar-refractivity contribution in [2.45, 2.75) is 10.6 Å². The molecule has 0 unspecified atom stereocenters. The summed E-state index contributed by atoms with van der Waals surface area (Å²) >= 11 is 1.66. The van der Waals surface area contributed by atoms with Crippen molar-refractivity contribution >= 4 is 28.5 Å². The Morgan fingerprint density at radius 3 is 2.57 bits per heavy atom. The maximum Gasteiger partial charge on any atom is 0.335 e. The van der Waals surface area contributed by atoms with Gasteiger partial charge in [0.2, 0.25) is 0 Å². The van der Waals surface area contributed by atoms with Crippen LogP contribution in [0.1, 0.15) is 15.9 Å². The van der Waals surface area contributed by atoms with Crippen LogP contribution in [0.3, 0.4) is 0 Å². The summed E-state index contributed by atoms with van der Waals surface area (Å²) in [6, 6.07) is 21.7. The Labute approximate surface area is 127 Å². The van der Waals surface area contributed by atoms with Crippen molar-refractivity contribution in [3.05, 3.63) is 77.9 Å². The third-order valence-corrected chi connectivity index (χ3v) is 4.40. The summed E-state index contributed by atoms with van der Waals surface area (Å²) in [7, 11) is 0. The summed E-state index contributed by atoms with van der Waals surface area (Å²) < 4.78 is 0. The van der Waals surface area contributed by atoms with Gasteiger partial charge in [0, 0.05) is 10.6 Å². The number of fused-ring (bicyclic) bond motifs is 1. The van der Waals surface area contributed by atoms with Gasteiger partial charge in [0.1, 0.15) is 0 Å². The van der Waals surface area contributed by atoms with E-state index in [0.717, 1.165) is 10.6 Å². The first kappa shape index (κ1) is 13.7. The fourth-order valence-corrected chi connectivity index (χ4v) is 3.26. The highest BCUT2D eigenvalue weighted by Crippen LogP contribution is 2.27. The minimum absolute atomic E-state index is 0.331. The molecule has 0 fully saturated rings. The van der Waals surface area contributed by atoms with Crippen molar-refractivity contribution in [1.29, 1.82) is 0 Å². The van der Waals surface area contributed by atoms with Gasteiger partial charge in [-0.05, 0) is 34.5 Å². The van der Waals surface area contributed by atoms with Crippen molar-refractivity contribution in [2.75, 3.05) is 0 Å². The Morgan fingerprint density at radius 2 is 1.71 bits per heavy atom. The quantitative estimate of drug-likeness (QED) is 0.700. The molecular weight excluding hydrogens is 280 g/mol. The van der Waals surface area contributed by atoms with Crippen LogP contribution in [0.2, 0.25) is 0 Å². The van der Waals surface area contributed by atoms with Gasteiger partial charge in [-0.3, -0.25) is 0 Å². The second kappa shape index (κ2) is 6.02. The molecule has 104 valence electrons. The topological polar surface area (TPSA) is 37.3 Å². The summed E-state index contributed by atoms with van der Waals surface area (Å²) in [4.78, 5) is 12.0. The van der Waals surface area contributed by atoms with E-state index in [-0.39, 0.29) is 0 Å². The summed E-state index contributed by atoms with van der Waals surface area (Å²) in [6.07, 6.45) is 0. The van der Waals surface area contributed by atoms with Crippen LogP contribution in [0.5, 0.6) is 0 Å². The number of hydrogen-bond acceptors (Lipinski definition) is 2. The van der Waals surface area contributed by atoms with Crippen LogP contribution >= 0.6 is 11.8 Å². The zero-order valence-electron chi connectivity index (χ0n) is 11.3. The summed E-state index contributed by atoms with van der Waals surface area (Å²) in [5, 5.41) is 11.5. The number of hydrogen-bond donors (Lipinski definition) is 1. The van der Waals surface area contributed by atoms with E-state index in [2.05, 4.69) is 30.3 Å². The lowest BCUT2D eigenvalue weighted by molar-refractivity contribution is 0.0696. The SMILES string of the molecule is O=C(O)c1cccc(SCc2cccc3ccccc23)c1. The van der Waals surface area contributed by atoms with E-state index in [1.54, 1.807) is 30.0 Å². The molecule has 0 saturated heterocycles. The summed E-state index contributed by atoms with van der Waals surface area (Å²) in [6.45, 7) is 0.